The van der Waals surface area contributed by atoms with Crippen LogP contribution in [0.4, 0.5) is 0 Å². The molecule has 0 unspecified atom stereocenters. The number of hydrogen-bond acceptors (Lipinski definition) is 6. The van der Waals surface area contributed by atoms with E-state index in [2.05, 4.69) is 30.0 Å². The SMILES string of the molecule is COCCOc1ccccc1C(=O)NC(=S)NNC(=O)c1ccc(OCCC(C)C)cc1. The van der Waals surface area contributed by atoms with Crippen molar-refractivity contribution in [1.82, 2.24) is 16.2 Å². The first kappa shape index (κ1) is 25.1. The fourth-order valence-corrected chi connectivity index (χ4v) is 2.66. The molecular weight excluding hydrogens is 430 g/mol. The Morgan fingerprint density at radius 1 is 0.906 bits per heavy atom. The Kier molecular flexibility index (Phi) is 10.4. The van der Waals surface area contributed by atoms with Gasteiger partial charge >= 0.3 is 0 Å². The van der Waals surface area contributed by atoms with E-state index < -0.39 is 11.8 Å². The number of methoxy groups -OCH3 is 1. The Labute approximate surface area is 193 Å². The lowest BCUT2D eigenvalue weighted by molar-refractivity contribution is 0.0933. The Balaban J connectivity index is 1.82. The lowest BCUT2D eigenvalue weighted by Gasteiger charge is -2.13. The van der Waals surface area contributed by atoms with Gasteiger partial charge in [-0.2, -0.15) is 0 Å². The Bertz CT molecular complexity index is 903. The van der Waals surface area contributed by atoms with E-state index in [0.717, 1.165) is 6.42 Å². The summed E-state index contributed by atoms with van der Waals surface area (Å²) in [6.07, 6.45) is 0.957. The van der Waals surface area contributed by atoms with Crippen molar-refractivity contribution in [2.24, 2.45) is 5.92 Å². The summed E-state index contributed by atoms with van der Waals surface area (Å²) in [4.78, 5) is 24.8. The summed E-state index contributed by atoms with van der Waals surface area (Å²) >= 11 is 5.10. The molecule has 0 bridgehead atoms. The van der Waals surface area contributed by atoms with E-state index in [1.54, 1.807) is 55.6 Å². The molecule has 0 heterocycles. The molecule has 3 N–H and O–H groups in total. The number of para-hydroxylation sites is 1. The van der Waals surface area contributed by atoms with Gasteiger partial charge < -0.3 is 14.2 Å². The zero-order valence-electron chi connectivity index (χ0n) is 18.5. The van der Waals surface area contributed by atoms with Crippen LogP contribution in [0.3, 0.4) is 0 Å². The number of hydrazine groups is 1. The second kappa shape index (κ2) is 13.3. The third-order valence-corrected chi connectivity index (χ3v) is 4.48. The molecule has 0 aliphatic heterocycles. The zero-order chi connectivity index (χ0) is 23.3. The van der Waals surface area contributed by atoms with E-state index in [-0.39, 0.29) is 5.11 Å². The number of ether oxygens (including phenoxy) is 3. The van der Waals surface area contributed by atoms with E-state index in [4.69, 9.17) is 26.4 Å². The largest absolute Gasteiger partial charge is 0.494 e. The van der Waals surface area contributed by atoms with E-state index in [9.17, 15) is 9.59 Å². The van der Waals surface area contributed by atoms with E-state index in [0.29, 0.717) is 48.4 Å². The molecule has 0 saturated carbocycles. The molecule has 0 fully saturated rings. The molecule has 0 aliphatic carbocycles. The smallest absolute Gasteiger partial charge is 0.269 e. The number of nitrogens with one attached hydrogen (secondary N) is 3. The number of benzene rings is 2. The van der Waals surface area contributed by atoms with E-state index >= 15 is 0 Å². The van der Waals surface area contributed by atoms with Crippen molar-refractivity contribution in [2.75, 3.05) is 26.9 Å². The van der Waals surface area contributed by atoms with Crippen LogP contribution in [-0.2, 0) is 4.74 Å². The second-order valence-electron chi connectivity index (χ2n) is 7.26. The molecular formula is C23H29N3O5S. The maximum Gasteiger partial charge on any atom is 0.269 e. The van der Waals surface area contributed by atoms with Crippen LogP contribution in [0.2, 0.25) is 0 Å². The molecule has 8 nitrogen and oxygen atoms in total. The minimum atomic E-state index is -0.465. The van der Waals surface area contributed by atoms with Gasteiger partial charge in [0, 0.05) is 12.7 Å². The van der Waals surface area contributed by atoms with Gasteiger partial charge in [-0.05, 0) is 61.0 Å². The van der Waals surface area contributed by atoms with Crippen LogP contribution >= 0.6 is 12.2 Å². The molecule has 0 atom stereocenters. The molecule has 0 spiro atoms. The average molecular weight is 460 g/mol. The molecule has 0 radical (unpaired) electrons. The third kappa shape index (κ3) is 8.52. The number of hydrogen-bond donors (Lipinski definition) is 3. The first-order valence-corrected chi connectivity index (χ1v) is 10.7. The molecule has 2 aromatic rings. The van der Waals surface area contributed by atoms with Crippen molar-refractivity contribution in [3.05, 3.63) is 59.7 Å². The topological polar surface area (TPSA) is 97.9 Å². The van der Waals surface area contributed by atoms with Gasteiger partial charge in [0.2, 0.25) is 0 Å². The summed E-state index contributed by atoms with van der Waals surface area (Å²) < 4.78 is 16.1. The highest BCUT2D eigenvalue weighted by Crippen LogP contribution is 2.17. The van der Waals surface area contributed by atoms with Crippen molar-refractivity contribution in [1.29, 1.82) is 0 Å². The number of amides is 2. The summed E-state index contributed by atoms with van der Waals surface area (Å²) in [6.45, 7) is 5.59. The van der Waals surface area contributed by atoms with Crippen LogP contribution in [0.1, 0.15) is 41.0 Å². The maximum absolute atomic E-state index is 12.5. The zero-order valence-corrected chi connectivity index (χ0v) is 19.3. The fraction of sp³-hybridized carbons (Fsp3) is 0.348. The predicted molar refractivity (Wildman–Crippen MR) is 126 cm³/mol. The molecule has 2 amide bonds. The molecule has 2 rings (SSSR count). The van der Waals surface area contributed by atoms with Crippen molar-refractivity contribution in [3.8, 4) is 11.5 Å². The highest BCUT2D eigenvalue weighted by Gasteiger charge is 2.14. The number of carbonyl (C=O) groups is 2. The van der Waals surface area contributed by atoms with E-state index in [1.807, 2.05) is 0 Å². The highest BCUT2D eigenvalue weighted by molar-refractivity contribution is 7.80. The molecule has 9 heteroatoms. The molecule has 2 aromatic carbocycles. The molecule has 0 aliphatic rings. The highest BCUT2D eigenvalue weighted by atomic mass is 32.1. The van der Waals surface area contributed by atoms with Crippen molar-refractivity contribution in [2.45, 2.75) is 20.3 Å². The van der Waals surface area contributed by atoms with Gasteiger partial charge in [0.15, 0.2) is 5.11 Å². The lowest BCUT2D eigenvalue weighted by atomic mass is 10.1. The van der Waals surface area contributed by atoms with Gasteiger partial charge in [-0.15, -0.1) is 0 Å². The van der Waals surface area contributed by atoms with Gasteiger partial charge in [0.25, 0.3) is 11.8 Å². The van der Waals surface area contributed by atoms with Crippen LogP contribution in [0.25, 0.3) is 0 Å². The summed E-state index contributed by atoms with van der Waals surface area (Å²) in [6, 6.07) is 13.5. The normalized spacial score (nSPS) is 10.4. The van der Waals surface area contributed by atoms with Gasteiger partial charge in [0.1, 0.15) is 18.1 Å². The maximum atomic E-state index is 12.5. The molecule has 32 heavy (non-hydrogen) atoms. The quantitative estimate of drug-likeness (QED) is 0.285. The van der Waals surface area contributed by atoms with Crippen LogP contribution in [0.15, 0.2) is 48.5 Å². The Morgan fingerprint density at radius 2 is 1.62 bits per heavy atom. The average Bonchev–Trinajstić information content (AvgIpc) is 2.78. The van der Waals surface area contributed by atoms with Crippen LogP contribution in [-0.4, -0.2) is 43.9 Å². The lowest BCUT2D eigenvalue weighted by Crippen LogP contribution is -2.48. The van der Waals surface area contributed by atoms with E-state index in [1.165, 1.54) is 0 Å². The van der Waals surface area contributed by atoms with Crippen LogP contribution < -0.4 is 25.6 Å². The summed E-state index contributed by atoms with van der Waals surface area (Å²) in [5.74, 6) is 0.798. The predicted octanol–water partition coefficient (Wildman–Crippen LogP) is 3.09. The number of carbonyl (C=O) groups excluding carboxylic acids is 2. The second-order valence-corrected chi connectivity index (χ2v) is 7.66. The summed E-state index contributed by atoms with van der Waals surface area (Å²) in [5.41, 5.74) is 5.71. The number of rotatable bonds is 10. The molecule has 0 saturated heterocycles. The first-order valence-electron chi connectivity index (χ1n) is 10.3. The Morgan fingerprint density at radius 3 is 2.31 bits per heavy atom. The van der Waals surface area contributed by atoms with Crippen molar-refractivity contribution >= 4 is 29.1 Å². The fourth-order valence-electron chi connectivity index (χ4n) is 2.52. The number of thiocarbonyl (C=S) groups is 1. The van der Waals surface area contributed by atoms with Gasteiger partial charge in [0.05, 0.1) is 18.8 Å². The minimum absolute atomic E-state index is 0.0521. The van der Waals surface area contributed by atoms with Gasteiger partial charge in [-0.3, -0.25) is 25.8 Å². The van der Waals surface area contributed by atoms with Crippen LogP contribution in [0.5, 0.6) is 11.5 Å². The summed E-state index contributed by atoms with van der Waals surface area (Å²) in [5, 5.41) is 2.46. The third-order valence-electron chi connectivity index (χ3n) is 4.27. The molecule has 172 valence electrons. The van der Waals surface area contributed by atoms with Gasteiger partial charge in [-0.25, -0.2) is 0 Å². The van der Waals surface area contributed by atoms with Crippen LogP contribution in [0, 0.1) is 5.92 Å². The monoisotopic (exact) mass is 459 g/mol. The molecule has 0 aromatic heterocycles. The Hall–Kier alpha value is -3.17. The minimum Gasteiger partial charge on any atom is -0.494 e. The van der Waals surface area contributed by atoms with Crippen molar-refractivity contribution < 1.29 is 23.8 Å². The van der Waals surface area contributed by atoms with Crippen molar-refractivity contribution in [3.63, 3.8) is 0 Å². The first-order chi connectivity index (χ1) is 15.4. The summed E-state index contributed by atoms with van der Waals surface area (Å²) in [7, 11) is 1.57. The standard InChI is InChI=1S/C23H29N3O5S/c1-16(2)12-13-30-18-10-8-17(9-11-18)21(27)25-26-23(32)24-22(28)19-6-4-5-7-20(19)31-15-14-29-3/h4-11,16H,12-15H2,1-3H3,(H,25,27)(H2,24,26,28,32). The van der Waals surface area contributed by atoms with Gasteiger partial charge in [-0.1, -0.05) is 26.0 Å².